The van der Waals surface area contributed by atoms with Gasteiger partial charge < -0.3 is 9.80 Å². The number of hydrogen-bond donors (Lipinski definition) is 0. The van der Waals surface area contributed by atoms with Crippen LogP contribution in [0.15, 0.2) is 36.5 Å². The number of likely N-dealkylation sites (tertiary alicyclic amines) is 1. The molecule has 3 aromatic rings. The van der Waals surface area contributed by atoms with Gasteiger partial charge in [0.2, 0.25) is 0 Å². The lowest BCUT2D eigenvalue weighted by Gasteiger charge is -2.34. The zero-order valence-corrected chi connectivity index (χ0v) is 20.5. The molecule has 2 bridgehead atoms. The molecule has 0 spiro atoms. The van der Waals surface area contributed by atoms with Gasteiger partial charge in [-0.2, -0.15) is 10.4 Å². The second-order valence-corrected chi connectivity index (χ2v) is 10.7. The molecule has 4 amide bonds. The van der Waals surface area contributed by atoms with Crippen molar-refractivity contribution in [2.75, 3.05) is 11.4 Å². The molecule has 10 nitrogen and oxygen atoms in total. The molecule has 3 aliphatic rings. The minimum atomic E-state index is -0.738. The maximum atomic E-state index is 13.7. The second kappa shape index (κ2) is 7.37. The summed E-state index contributed by atoms with van der Waals surface area (Å²) >= 11 is 0. The van der Waals surface area contributed by atoms with Gasteiger partial charge in [0.05, 0.1) is 34.5 Å². The van der Waals surface area contributed by atoms with E-state index in [0.29, 0.717) is 40.8 Å². The summed E-state index contributed by atoms with van der Waals surface area (Å²) in [6.07, 6.45) is 2.15. The molecule has 2 unspecified atom stereocenters. The minimum absolute atomic E-state index is 0.181. The van der Waals surface area contributed by atoms with Gasteiger partial charge in [-0.1, -0.05) is 20.8 Å². The number of anilines is 1. The fourth-order valence-electron chi connectivity index (χ4n) is 5.74. The lowest BCUT2D eigenvalue weighted by molar-refractivity contribution is -0.121. The van der Waals surface area contributed by atoms with Crippen LogP contribution >= 0.6 is 0 Å². The van der Waals surface area contributed by atoms with E-state index in [9.17, 15) is 19.6 Å². The van der Waals surface area contributed by atoms with Crippen LogP contribution in [0.4, 0.5) is 10.5 Å². The van der Waals surface area contributed by atoms with Crippen LogP contribution < -0.4 is 4.90 Å². The number of aryl methyl sites for hydroxylation is 1. The highest BCUT2D eigenvalue weighted by atomic mass is 16.2. The summed E-state index contributed by atoms with van der Waals surface area (Å²) < 4.78 is 1.59. The van der Waals surface area contributed by atoms with Gasteiger partial charge in [-0.15, -0.1) is 0 Å². The van der Waals surface area contributed by atoms with Crippen molar-refractivity contribution >= 4 is 34.4 Å². The number of imide groups is 1. The van der Waals surface area contributed by atoms with Crippen LogP contribution in [0.25, 0.3) is 10.9 Å². The quantitative estimate of drug-likeness (QED) is 0.518. The molecule has 6 rings (SSSR count). The summed E-state index contributed by atoms with van der Waals surface area (Å²) in [5.41, 5.74) is 2.30. The first-order chi connectivity index (χ1) is 17.1. The fraction of sp³-hybridized carbons (Fsp3) is 0.385. The molecule has 0 N–H and O–H groups in total. The summed E-state index contributed by atoms with van der Waals surface area (Å²) in [5.74, 6) is -0.542. The molecular formula is C26H25N7O3. The van der Waals surface area contributed by atoms with Gasteiger partial charge in [-0.05, 0) is 36.8 Å². The van der Waals surface area contributed by atoms with Crippen LogP contribution in [-0.4, -0.2) is 67.1 Å². The molecule has 36 heavy (non-hydrogen) atoms. The third-order valence-electron chi connectivity index (χ3n) is 7.50. The number of benzene rings is 1. The first-order valence-corrected chi connectivity index (χ1v) is 11.9. The van der Waals surface area contributed by atoms with E-state index in [4.69, 9.17) is 0 Å². The number of fused-ring (bicyclic) bond motifs is 6. The lowest BCUT2D eigenvalue weighted by Crippen LogP contribution is -2.55. The van der Waals surface area contributed by atoms with Crippen LogP contribution in [0.3, 0.4) is 0 Å². The van der Waals surface area contributed by atoms with Gasteiger partial charge in [-0.25, -0.2) is 9.69 Å². The second-order valence-electron chi connectivity index (χ2n) is 10.7. The summed E-state index contributed by atoms with van der Waals surface area (Å²) in [6, 6.07) is 8.82. The number of pyridine rings is 1. The van der Waals surface area contributed by atoms with E-state index in [1.807, 2.05) is 26.8 Å². The maximum Gasteiger partial charge on any atom is 0.332 e. The smallest absolute Gasteiger partial charge is 0.330 e. The van der Waals surface area contributed by atoms with Crippen molar-refractivity contribution in [1.29, 1.82) is 5.26 Å². The molecule has 10 heteroatoms. The summed E-state index contributed by atoms with van der Waals surface area (Å²) in [4.78, 5) is 49.6. The first kappa shape index (κ1) is 22.2. The largest absolute Gasteiger partial charge is 0.332 e. The first-order valence-electron chi connectivity index (χ1n) is 11.9. The Kier molecular flexibility index (Phi) is 4.55. The summed E-state index contributed by atoms with van der Waals surface area (Å²) in [6.45, 7) is 6.50. The van der Waals surface area contributed by atoms with Crippen LogP contribution in [0.2, 0.25) is 0 Å². The number of hydrogen-bond acceptors (Lipinski definition) is 6. The van der Waals surface area contributed by atoms with E-state index in [1.54, 1.807) is 52.0 Å². The molecule has 3 atom stereocenters. The Morgan fingerprint density at radius 3 is 2.67 bits per heavy atom. The van der Waals surface area contributed by atoms with Crippen molar-refractivity contribution in [2.24, 2.45) is 7.05 Å². The number of rotatable bonds is 2. The molecule has 3 saturated heterocycles. The molecule has 3 fully saturated rings. The highest BCUT2D eigenvalue weighted by molar-refractivity contribution is 6.25. The Bertz CT molecular complexity index is 1510. The SMILES string of the molecule is Cn1nc(C(C)(C)C)cc1C(=O)N1CC2CC1[C@@H]1C(=O)N(c3ccc(C#N)c4ncccc34)C(=O)N21. The third-order valence-corrected chi connectivity index (χ3v) is 7.50. The Hall–Kier alpha value is -4.26. The molecule has 2 aromatic heterocycles. The standard InChI is InChI=1S/C26H25N7O3/c1-26(2,3)20-11-19(30(4)29-20)23(34)31-13-15-10-18(31)22-24(35)33(25(36)32(15)22)17-8-7-14(12-27)21-16(17)6-5-9-28-21/h5-9,11,15,18,22H,10,13H2,1-4H3/t15?,18?,22-/m1/s1. The van der Waals surface area contributed by atoms with E-state index in [1.165, 1.54) is 4.90 Å². The molecule has 3 aliphatic heterocycles. The molecule has 0 aliphatic carbocycles. The molecule has 182 valence electrons. The number of carbonyl (C=O) groups is 3. The number of amides is 4. The molecule has 0 saturated carbocycles. The van der Waals surface area contributed by atoms with E-state index in [-0.39, 0.29) is 23.3 Å². The fourth-order valence-corrected chi connectivity index (χ4v) is 5.74. The lowest BCUT2D eigenvalue weighted by atomic mass is 9.92. The van der Waals surface area contributed by atoms with Crippen molar-refractivity contribution in [3.63, 3.8) is 0 Å². The van der Waals surface area contributed by atoms with Gasteiger partial charge in [-0.3, -0.25) is 19.3 Å². The average Bonchev–Trinajstić information content (AvgIpc) is 3.60. The maximum absolute atomic E-state index is 13.7. The number of piperazine rings is 1. The Balaban J connectivity index is 1.34. The van der Waals surface area contributed by atoms with Crippen LogP contribution in [0, 0.1) is 11.3 Å². The van der Waals surface area contributed by atoms with Gasteiger partial charge in [0.15, 0.2) is 0 Å². The predicted molar refractivity (Wildman–Crippen MR) is 130 cm³/mol. The molecule has 5 heterocycles. The number of urea groups is 1. The summed E-state index contributed by atoms with van der Waals surface area (Å²) in [7, 11) is 1.75. The molecule has 1 aromatic carbocycles. The van der Waals surface area contributed by atoms with Gasteiger partial charge in [0, 0.05) is 30.6 Å². The van der Waals surface area contributed by atoms with Gasteiger partial charge in [0.25, 0.3) is 11.8 Å². The Morgan fingerprint density at radius 2 is 1.97 bits per heavy atom. The Morgan fingerprint density at radius 1 is 1.19 bits per heavy atom. The van der Waals surface area contributed by atoms with E-state index in [0.717, 1.165) is 5.69 Å². The van der Waals surface area contributed by atoms with E-state index >= 15 is 0 Å². The third kappa shape index (κ3) is 2.92. The van der Waals surface area contributed by atoms with E-state index < -0.39 is 18.1 Å². The van der Waals surface area contributed by atoms with Crippen molar-refractivity contribution in [1.82, 2.24) is 24.6 Å². The number of aromatic nitrogens is 3. The van der Waals surface area contributed by atoms with E-state index in [2.05, 4.69) is 16.2 Å². The topological polar surface area (TPSA) is 115 Å². The molecular weight excluding hydrogens is 458 g/mol. The number of carbonyl (C=O) groups excluding carboxylic acids is 3. The van der Waals surface area contributed by atoms with Gasteiger partial charge >= 0.3 is 6.03 Å². The van der Waals surface area contributed by atoms with Crippen molar-refractivity contribution < 1.29 is 14.4 Å². The van der Waals surface area contributed by atoms with Crippen molar-refractivity contribution in [3.05, 3.63) is 53.5 Å². The Labute approximate surface area is 207 Å². The van der Waals surface area contributed by atoms with Gasteiger partial charge in [0.1, 0.15) is 17.8 Å². The van der Waals surface area contributed by atoms with Crippen molar-refractivity contribution in [3.8, 4) is 6.07 Å². The molecule has 0 radical (unpaired) electrons. The predicted octanol–water partition coefficient (Wildman–Crippen LogP) is 2.57. The highest BCUT2D eigenvalue weighted by Crippen LogP contribution is 2.44. The summed E-state index contributed by atoms with van der Waals surface area (Å²) in [5, 5.41) is 14.5. The van der Waals surface area contributed by atoms with Crippen LogP contribution in [0.5, 0.6) is 0 Å². The normalized spacial score (nSPS) is 23.1. The zero-order chi connectivity index (χ0) is 25.5. The van der Waals surface area contributed by atoms with Crippen LogP contribution in [-0.2, 0) is 17.3 Å². The number of nitrogens with zero attached hydrogens (tertiary/aromatic N) is 7. The minimum Gasteiger partial charge on any atom is -0.330 e. The van der Waals surface area contributed by atoms with Crippen LogP contribution in [0.1, 0.15) is 48.9 Å². The highest BCUT2D eigenvalue weighted by Gasteiger charge is 2.63. The zero-order valence-electron chi connectivity index (χ0n) is 20.5. The number of nitriles is 1. The monoisotopic (exact) mass is 483 g/mol. The van der Waals surface area contributed by atoms with Crippen molar-refractivity contribution in [2.45, 2.75) is 50.7 Å². The average molecular weight is 484 g/mol.